The highest BCUT2D eigenvalue weighted by Gasteiger charge is 2.18. The van der Waals surface area contributed by atoms with Gasteiger partial charge < -0.3 is 15.3 Å². The molecule has 0 aliphatic rings. The summed E-state index contributed by atoms with van der Waals surface area (Å²) in [4.78, 5) is 3.90. The molecule has 17 heavy (non-hydrogen) atoms. The topological polar surface area (TPSA) is 72.3 Å². The molecule has 0 aliphatic heterocycles. The molecule has 0 aliphatic carbocycles. The number of rotatable bonds is 3. The van der Waals surface area contributed by atoms with Gasteiger partial charge >= 0.3 is 0 Å². The molecule has 3 N–H and O–H groups in total. The van der Waals surface area contributed by atoms with Crippen LogP contribution < -0.4 is 5.73 Å². The van der Waals surface area contributed by atoms with Gasteiger partial charge in [-0.25, -0.2) is 4.98 Å². The highest BCUT2D eigenvalue weighted by atomic mass is 35.5. The maximum atomic E-state index is 10.1. The largest absolute Gasteiger partial charge is 0.463 e. The number of aryl methyl sites for hydroxylation is 1. The Balaban J connectivity index is 2.35. The Morgan fingerprint density at radius 3 is 2.94 bits per heavy atom. The summed E-state index contributed by atoms with van der Waals surface area (Å²) in [6.07, 6.45) is 1.27. The number of anilines is 1. The molecule has 4 nitrogen and oxygen atoms in total. The molecular weight excluding hydrogens is 240 g/mol. The van der Waals surface area contributed by atoms with Gasteiger partial charge in [0.2, 0.25) is 0 Å². The number of nitrogen functional groups attached to an aromatic ring is 1. The van der Waals surface area contributed by atoms with Crippen LogP contribution in [0.4, 0.5) is 5.82 Å². The summed E-state index contributed by atoms with van der Waals surface area (Å²) < 4.78 is 5.47. The van der Waals surface area contributed by atoms with Crippen molar-refractivity contribution in [3.05, 3.63) is 46.5 Å². The maximum absolute atomic E-state index is 10.1. The van der Waals surface area contributed by atoms with Gasteiger partial charge in [0, 0.05) is 18.2 Å². The van der Waals surface area contributed by atoms with Crippen molar-refractivity contribution < 1.29 is 9.52 Å². The lowest BCUT2D eigenvalue weighted by Crippen LogP contribution is -2.04. The number of halogens is 1. The highest BCUT2D eigenvalue weighted by molar-refractivity contribution is 6.30. The van der Waals surface area contributed by atoms with E-state index < -0.39 is 6.10 Å². The zero-order valence-corrected chi connectivity index (χ0v) is 10.1. The fourth-order valence-electron chi connectivity index (χ4n) is 1.57. The molecule has 1 atom stereocenters. The van der Waals surface area contributed by atoms with Crippen molar-refractivity contribution >= 4 is 17.4 Å². The van der Waals surface area contributed by atoms with Crippen molar-refractivity contribution in [2.24, 2.45) is 0 Å². The van der Waals surface area contributed by atoms with E-state index in [1.54, 1.807) is 12.1 Å². The van der Waals surface area contributed by atoms with Crippen molar-refractivity contribution in [2.75, 3.05) is 5.73 Å². The van der Waals surface area contributed by atoms with Gasteiger partial charge in [0.15, 0.2) is 0 Å². The van der Waals surface area contributed by atoms with Gasteiger partial charge in [-0.05, 0) is 18.2 Å². The van der Waals surface area contributed by atoms with Gasteiger partial charge in [0.25, 0.3) is 0 Å². The minimum absolute atomic E-state index is 0.247. The van der Waals surface area contributed by atoms with Crippen LogP contribution in [0.25, 0.3) is 0 Å². The standard InChI is InChI=1S/C12H13ClN2O2/c1-2-8-3-4-10(17-8)11(16)9-5-7(13)6-15-12(9)14/h3-6,11,16H,2H2,1H3,(H2,14,15). The van der Waals surface area contributed by atoms with Gasteiger partial charge in [0.05, 0.1) is 5.02 Å². The number of aromatic nitrogens is 1. The molecule has 0 bridgehead atoms. The number of nitrogens with two attached hydrogens (primary N) is 1. The smallest absolute Gasteiger partial charge is 0.140 e. The van der Waals surface area contributed by atoms with Crippen LogP contribution in [0, 0.1) is 0 Å². The third-order valence-corrected chi connectivity index (χ3v) is 2.72. The Kier molecular flexibility index (Phi) is 3.36. The second kappa shape index (κ2) is 4.77. The first kappa shape index (κ1) is 12.0. The summed E-state index contributed by atoms with van der Waals surface area (Å²) in [5.41, 5.74) is 6.15. The van der Waals surface area contributed by atoms with Crippen LogP contribution in [-0.2, 0) is 6.42 Å². The number of furan rings is 1. The monoisotopic (exact) mass is 252 g/mol. The number of hydrogen-bond acceptors (Lipinski definition) is 4. The molecule has 5 heteroatoms. The van der Waals surface area contributed by atoms with Crippen LogP contribution in [0.15, 0.2) is 28.8 Å². The fourth-order valence-corrected chi connectivity index (χ4v) is 1.74. The number of hydrogen-bond donors (Lipinski definition) is 2. The van der Waals surface area contributed by atoms with Gasteiger partial charge in [0.1, 0.15) is 23.4 Å². The van der Waals surface area contributed by atoms with Crippen LogP contribution in [0.1, 0.15) is 30.1 Å². The minimum Gasteiger partial charge on any atom is -0.463 e. The zero-order valence-electron chi connectivity index (χ0n) is 9.35. The molecule has 0 fully saturated rings. The minimum atomic E-state index is -0.943. The van der Waals surface area contributed by atoms with Crippen molar-refractivity contribution in [1.82, 2.24) is 4.98 Å². The molecule has 2 aromatic heterocycles. The van der Waals surface area contributed by atoms with E-state index in [4.69, 9.17) is 21.8 Å². The SMILES string of the molecule is CCc1ccc(C(O)c2cc(Cl)cnc2N)o1. The Labute approximate surface area is 104 Å². The lowest BCUT2D eigenvalue weighted by Gasteiger charge is -2.10. The molecule has 0 saturated heterocycles. The van der Waals surface area contributed by atoms with E-state index in [0.717, 1.165) is 12.2 Å². The van der Waals surface area contributed by atoms with E-state index in [-0.39, 0.29) is 5.82 Å². The first-order valence-corrected chi connectivity index (χ1v) is 5.67. The highest BCUT2D eigenvalue weighted by Crippen LogP contribution is 2.28. The Morgan fingerprint density at radius 2 is 2.29 bits per heavy atom. The van der Waals surface area contributed by atoms with Crippen LogP contribution in [0.3, 0.4) is 0 Å². The molecule has 0 spiro atoms. The van der Waals surface area contributed by atoms with Gasteiger partial charge in [-0.2, -0.15) is 0 Å². The molecule has 0 saturated carbocycles. The lowest BCUT2D eigenvalue weighted by atomic mass is 10.1. The molecule has 0 aromatic carbocycles. The predicted molar refractivity (Wildman–Crippen MR) is 65.8 cm³/mol. The Morgan fingerprint density at radius 1 is 1.53 bits per heavy atom. The third kappa shape index (κ3) is 2.43. The lowest BCUT2D eigenvalue weighted by molar-refractivity contribution is 0.187. The van der Waals surface area contributed by atoms with Crippen molar-refractivity contribution in [2.45, 2.75) is 19.4 Å². The van der Waals surface area contributed by atoms with Gasteiger partial charge in [-0.1, -0.05) is 18.5 Å². The summed E-state index contributed by atoms with van der Waals surface area (Å²) >= 11 is 5.82. The summed E-state index contributed by atoms with van der Waals surface area (Å²) in [6, 6.07) is 5.14. The number of aliphatic hydroxyl groups excluding tert-OH is 1. The average Bonchev–Trinajstić information content (AvgIpc) is 2.80. The van der Waals surface area contributed by atoms with E-state index in [0.29, 0.717) is 16.3 Å². The predicted octanol–water partition coefficient (Wildman–Crippen LogP) is 2.55. The Hall–Kier alpha value is -1.52. The number of nitrogens with zero attached hydrogens (tertiary/aromatic N) is 1. The molecule has 90 valence electrons. The van der Waals surface area contributed by atoms with Gasteiger partial charge in [-0.3, -0.25) is 0 Å². The maximum Gasteiger partial charge on any atom is 0.140 e. The molecule has 0 radical (unpaired) electrons. The Bertz CT molecular complexity index is 525. The first-order chi connectivity index (χ1) is 8.11. The van der Waals surface area contributed by atoms with Crippen LogP contribution >= 0.6 is 11.6 Å². The van der Waals surface area contributed by atoms with Gasteiger partial charge in [-0.15, -0.1) is 0 Å². The van der Waals surface area contributed by atoms with Crippen LogP contribution in [-0.4, -0.2) is 10.1 Å². The first-order valence-electron chi connectivity index (χ1n) is 5.29. The van der Waals surface area contributed by atoms with E-state index in [9.17, 15) is 5.11 Å². The summed E-state index contributed by atoms with van der Waals surface area (Å²) in [6.45, 7) is 1.98. The van der Waals surface area contributed by atoms with E-state index in [1.165, 1.54) is 6.20 Å². The normalized spacial score (nSPS) is 12.6. The summed E-state index contributed by atoms with van der Waals surface area (Å²) in [5, 5.41) is 10.6. The van der Waals surface area contributed by atoms with E-state index >= 15 is 0 Å². The van der Waals surface area contributed by atoms with Crippen LogP contribution in [0.2, 0.25) is 5.02 Å². The number of aliphatic hydroxyl groups is 1. The molecule has 2 heterocycles. The molecule has 0 amide bonds. The van der Waals surface area contributed by atoms with E-state index in [2.05, 4.69) is 4.98 Å². The average molecular weight is 253 g/mol. The zero-order chi connectivity index (χ0) is 12.4. The molecule has 2 rings (SSSR count). The molecular formula is C12H13ClN2O2. The number of pyridine rings is 1. The summed E-state index contributed by atoms with van der Waals surface area (Å²) in [5.74, 6) is 1.50. The van der Waals surface area contributed by atoms with Crippen molar-refractivity contribution in [1.29, 1.82) is 0 Å². The van der Waals surface area contributed by atoms with Crippen molar-refractivity contribution in [3.63, 3.8) is 0 Å². The second-order valence-corrected chi connectivity index (χ2v) is 4.12. The quantitative estimate of drug-likeness (QED) is 0.881. The summed E-state index contributed by atoms with van der Waals surface area (Å²) in [7, 11) is 0. The van der Waals surface area contributed by atoms with Crippen molar-refractivity contribution in [3.8, 4) is 0 Å². The van der Waals surface area contributed by atoms with E-state index in [1.807, 2.05) is 13.0 Å². The molecule has 1 unspecified atom stereocenters. The third-order valence-electron chi connectivity index (χ3n) is 2.51. The fraction of sp³-hybridized carbons (Fsp3) is 0.250. The van der Waals surface area contributed by atoms with Crippen LogP contribution in [0.5, 0.6) is 0 Å². The molecule has 2 aromatic rings. The second-order valence-electron chi connectivity index (χ2n) is 3.69.